The van der Waals surface area contributed by atoms with Crippen molar-refractivity contribution in [1.82, 2.24) is 62.1 Å². The highest BCUT2D eigenvalue weighted by Gasteiger charge is 2.63. The summed E-state index contributed by atoms with van der Waals surface area (Å²) in [5.74, 6) is -8.51. The number of piperidine rings is 4. The van der Waals surface area contributed by atoms with Crippen molar-refractivity contribution in [3.8, 4) is 33.8 Å². The van der Waals surface area contributed by atoms with Crippen molar-refractivity contribution in [2.45, 2.75) is 195 Å². The van der Waals surface area contributed by atoms with Crippen LogP contribution in [0.15, 0.2) is 209 Å². The number of ketones is 2. The molecule has 136 heavy (non-hydrogen) atoms. The van der Waals surface area contributed by atoms with Gasteiger partial charge in [-0.15, -0.1) is 0 Å². The molecule has 4 aromatic carbocycles. The van der Waals surface area contributed by atoms with E-state index in [2.05, 4.69) is 44.9 Å². The molecular weight excluding hydrogens is 1920 g/mol. The van der Waals surface area contributed by atoms with Crippen LogP contribution in [0.5, 0.6) is 0 Å². The maximum atomic E-state index is 14.6. The Hall–Kier alpha value is -11.7. The standard InChI is InChI=1S/2C25H21F5N4O3S.2C13H13F2NO4S.C11H9F3N4/c26-16-2-5-18(6-3-16)38(36,37)34-21-10-15(9-19(21)27)24(34)22(35)7-4-17-11-20(33-13-32-17)14-1-8-23(31-12-14)25(28,29)30;26-15-2-5-18(6-3-15)38(36,37)34-17-10-19(20(27)11-17)24(34)22(35)7-4-16-9-21(33-13-32-16)14-1-8-23(31-12-14)25(28,29)30;14-8-1-3-9(4-2-8)21(19,20)16-11-6-7(5-10(11)15)12(16)13(17)18;14-7-1-3-9(4-2-7)21(19,20)16-8-5-10(11(15)6-8)12(16)13(17)18;12-11(13,14)10-2-1-7(5-16-10)9-3-8(4-15)17-6-18-9/h1-3,5-6,8,11-13,15,19,21,24H,4,7,9-10H2;1-3,5-6,8-9,12-13,17,19-20,24H,4,7,10-11H2;1-4,7,10-12H,5-6H2,(H,17,18);1-4,8,10-12H,5-6H2,(H,17,18);1-3,5-6H,4,15H2/t15-,19?,21-,24-;17-,19+,20?,24-;;;/m00.../s1. The zero-order chi connectivity index (χ0) is 98.4. The van der Waals surface area contributed by atoms with Gasteiger partial charge in [0.15, 0.2) is 11.6 Å². The SMILES string of the molecule is NCc1cc(-c2ccc(C(F)(F)F)nc2)ncn1.O=C(CCc1cc(-c2ccc(C(F)(F)F)nc2)ncn1)[C@@H]1[C@@H]2C[C@@H](CC2F)N1S(=O)(=O)c1ccc(F)cc1.O=C(CCc1cc(-c2ccc(C(F)(F)F)nc2)ncn1)[C@@H]1[C@H]2CC(F)[C@H](C2)N1S(=O)(=O)c1ccc(F)cc1.O=C(O)C1C2CC(CC2F)N1S(=O)(=O)c1ccc(F)cc1.O=C(O)C1C2CC(F)C(C2)N1S(=O)(=O)c1ccc(F)cc1. The fourth-order valence-corrected chi connectivity index (χ4v) is 25.8. The Kier molecular flexibility index (Phi) is 29.3. The first kappa shape index (κ1) is 100. The van der Waals surface area contributed by atoms with Crippen LogP contribution in [0.3, 0.4) is 0 Å². The van der Waals surface area contributed by atoms with Gasteiger partial charge in [0.25, 0.3) is 0 Å². The number of hydrogen-bond donors (Lipinski definition) is 3. The number of pyridine rings is 3. The van der Waals surface area contributed by atoms with E-state index in [0.717, 1.165) is 151 Å². The quantitative estimate of drug-likeness (QED) is 0.0530. The summed E-state index contributed by atoms with van der Waals surface area (Å²) in [7, 11) is -16.7. The monoisotopic (exact) mass is 1990 g/mol. The highest BCUT2D eigenvalue weighted by molar-refractivity contribution is 7.90. The van der Waals surface area contributed by atoms with Crippen LogP contribution < -0.4 is 5.73 Å². The molecule has 28 nitrogen and oxygen atoms in total. The molecule has 18 rings (SSSR count). The average molecular weight is 1990 g/mol. The second kappa shape index (κ2) is 39.8. The minimum absolute atomic E-state index is 0.00863. The molecule has 8 bridgehead atoms. The van der Waals surface area contributed by atoms with Gasteiger partial charge < -0.3 is 15.9 Å². The van der Waals surface area contributed by atoms with Gasteiger partial charge in [-0.05, 0) is 228 Å². The normalized spacial score (nSPS) is 24.8. The first-order valence-electron chi connectivity index (χ1n) is 41.5. The number of aliphatic carboxylic acids is 2. The summed E-state index contributed by atoms with van der Waals surface area (Å²) >= 11 is 0. The van der Waals surface area contributed by atoms with Gasteiger partial charge >= 0.3 is 30.5 Å². The number of carboxylic acids is 2. The van der Waals surface area contributed by atoms with E-state index in [1.807, 2.05) is 0 Å². The topological polar surface area (TPSA) is 400 Å². The van der Waals surface area contributed by atoms with Crippen molar-refractivity contribution in [2.24, 2.45) is 29.4 Å². The highest BCUT2D eigenvalue weighted by Crippen LogP contribution is 2.52. The molecule has 10 aromatic rings. The van der Waals surface area contributed by atoms with Gasteiger partial charge in [0.1, 0.15) is 96.1 Å². The number of hydrogen-bond acceptors (Lipinski definition) is 22. The van der Waals surface area contributed by atoms with Crippen LogP contribution in [0.1, 0.15) is 98.4 Å². The number of carbonyl (C=O) groups is 4. The summed E-state index contributed by atoms with van der Waals surface area (Å²) < 4.78 is 330. The van der Waals surface area contributed by atoms with E-state index in [0.29, 0.717) is 50.9 Å². The van der Waals surface area contributed by atoms with Crippen LogP contribution in [-0.2, 0) is 97.2 Å². The van der Waals surface area contributed by atoms with Gasteiger partial charge in [0, 0.05) is 90.0 Å². The van der Waals surface area contributed by atoms with Gasteiger partial charge in [-0.2, -0.15) is 56.7 Å². The predicted molar refractivity (Wildman–Crippen MR) is 443 cm³/mol. The number of nitrogens with two attached hydrogens (primary N) is 1. The number of benzene rings is 4. The summed E-state index contributed by atoms with van der Waals surface area (Å²) in [6, 6.07) is 19.5. The van der Waals surface area contributed by atoms with Crippen molar-refractivity contribution in [1.29, 1.82) is 0 Å². The van der Waals surface area contributed by atoms with Gasteiger partial charge in [-0.25, -0.2) is 98.7 Å². The maximum absolute atomic E-state index is 14.6. The van der Waals surface area contributed by atoms with Crippen molar-refractivity contribution in [3.05, 3.63) is 247 Å². The molecule has 4 saturated carbocycles. The summed E-state index contributed by atoms with van der Waals surface area (Å²) in [6.45, 7) is 0.240. The molecule has 0 spiro atoms. The number of alkyl halides is 13. The second-order valence-electron chi connectivity index (χ2n) is 33.0. The molecule has 4 saturated heterocycles. The Morgan fingerprint density at radius 1 is 0.346 bits per heavy atom. The lowest BCUT2D eigenvalue weighted by Crippen LogP contribution is -2.52. The molecule has 16 atom stereocenters. The highest BCUT2D eigenvalue weighted by atomic mass is 32.2. The first-order valence-corrected chi connectivity index (χ1v) is 47.3. The van der Waals surface area contributed by atoms with E-state index in [1.165, 1.54) is 49.3 Å². The van der Waals surface area contributed by atoms with Crippen molar-refractivity contribution < 1.29 is 138 Å². The zero-order valence-electron chi connectivity index (χ0n) is 70.1. The van der Waals surface area contributed by atoms with Crippen LogP contribution in [0.4, 0.5) is 74.6 Å². The van der Waals surface area contributed by atoms with Crippen molar-refractivity contribution in [2.75, 3.05) is 0 Å². The molecule has 0 amide bonds. The number of aryl methyl sites for hydroxylation is 2. The van der Waals surface area contributed by atoms with Gasteiger partial charge in [-0.3, -0.25) is 34.1 Å². The van der Waals surface area contributed by atoms with Crippen LogP contribution in [0.2, 0.25) is 0 Å². The number of rotatable bonds is 22. The molecule has 10 unspecified atom stereocenters. The average Bonchev–Trinajstić information content (AvgIpc) is 1.59. The largest absolute Gasteiger partial charge is 0.480 e. The number of fused-ring (bicyclic) bond motifs is 8. The molecule has 10 heterocycles. The van der Waals surface area contributed by atoms with Gasteiger partial charge in [0.05, 0.1) is 66.5 Å². The third kappa shape index (κ3) is 21.3. The van der Waals surface area contributed by atoms with Crippen LogP contribution in [-0.4, -0.2) is 202 Å². The Morgan fingerprint density at radius 3 is 0.956 bits per heavy atom. The Balaban J connectivity index is 0.000000141. The fourth-order valence-electron chi connectivity index (χ4n) is 18.4. The Labute approximate surface area is 764 Å². The summed E-state index contributed by atoms with van der Waals surface area (Å²) in [5, 5.41) is 18.5. The molecule has 49 heteroatoms. The summed E-state index contributed by atoms with van der Waals surface area (Å²) in [6.07, 6.45) is -11.1. The van der Waals surface area contributed by atoms with Gasteiger partial charge in [0.2, 0.25) is 40.1 Å². The van der Waals surface area contributed by atoms with Gasteiger partial charge in [-0.1, -0.05) is 0 Å². The van der Waals surface area contributed by atoms with Crippen molar-refractivity contribution >= 4 is 63.6 Å². The number of Topliss-reactive ketones (excluding diaryl/α,β-unsaturated/α-hetero) is 2. The number of halogens is 17. The van der Waals surface area contributed by atoms with E-state index in [1.54, 1.807) is 6.07 Å². The lowest BCUT2D eigenvalue weighted by Gasteiger charge is -2.35. The van der Waals surface area contributed by atoms with Crippen LogP contribution in [0, 0.1) is 46.9 Å². The number of nitrogens with zero attached hydrogens (tertiary/aromatic N) is 13. The molecule has 0 radical (unpaired) electrons. The fraction of sp³-hybridized carbons (Fsp3) is 0.368. The first-order chi connectivity index (χ1) is 64.0. The number of carboxylic acid groups (broad SMARTS) is 2. The summed E-state index contributed by atoms with van der Waals surface area (Å²) in [5.41, 5.74) is 6.07. The van der Waals surface area contributed by atoms with Crippen LogP contribution in [0.25, 0.3) is 33.8 Å². The molecule has 4 aliphatic carbocycles. The number of sulfonamides is 4. The van der Waals surface area contributed by atoms with E-state index in [9.17, 15) is 138 Å². The lowest BCUT2D eigenvalue weighted by molar-refractivity contribution is -0.144. The third-order valence-electron chi connectivity index (χ3n) is 24.6. The number of aromatic nitrogens is 9. The molecule has 4 aliphatic heterocycles. The van der Waals surface area contributed by atoms with Crippen molar-refractivity contribution in [3.63, 3.8) is 0 Å². The minimum Gasteiger partial charge on any atom is -0.480 e. The molecule has 8 fully saturated rings. The minimum atomic E-state index is -4.58. The number of carbonyl (C=O) groups excluding carboxylic acids is 2. The van der Waals surface area contributed by atoms with E-state index < -0.39 is 219 Å². The smallest absolute Gasteiger partial charge is 0.433 e. The summed E-state index contributed by atoms with van der Waals surface area (Å²) in [4.78, 5) is 82.9. The molecular formula is C87H77F17N14O14S4. The van der Waals surface area contributed by atoms with E-state index in [-0.39, 0.29) is 103 Å². The zero-order valence-corrected chi connectivity index (χ0v) is 73.3. The molecule has 8 aliphatic rings. The van der Waals surface area contributed by atoms with E-state index in [4.69, 9.17) is 5.73 Å². The lowest BCUT2D eigenvalue weighted by atomic mass is 9.92. The Bertz CT molecular complexity index is 6550. The molecule has 6 aromatic heterocycles. The maximum Gasteiger partial charge on any atom is 0.433 e. The third-order valence-corrected chi connectivity index (χ3v) is 32.3. The predicted octanol–water partition coefficient (Wildman–Crippen LogP) is 13.6. The molecule has 4 N–H and O–H groups in total. The molecule has 722 valence electrons. The Morgan fingerprint density at radius 2 is 0.640 bits per heavy atom. The second-order valence-corrected chi connectivity index (χ2v) is 40.3. The van der Waals surface area contributed by atoms with Crippen LogP contribution >= 0.6 is 0 Å². The van der Waals surface area contributed by atoms with E-state index >= 15 is 0 Å².